The van der Waals surface area contributed by atoms with E-state index in [-0.39, 0.29) is 11.7 Å². The molecule has 1 heterocycles. The predicted octanol–water partition coefficient (Wildman–Crippen LogP) is 5.23. The van der Waals surface area contributed by atoms with Crippen LogP contribution in [-0.2, 0) is 9.59 Å². The van der Waals surface area contributed by atoms with Gasteiger partial charge in [0.2, 0.25) is 5.91 Å². The average Bonchev–Trinajstić information content (AvgIpc) is 3.26. The van der Waals surface area contributed by atoms with Crippen molar-refractivity contribution in [2.24, 2.45) is 0 Å². The summed E-state index contributed by atoms with van der Waals surface area (Å²) in [4.78, 5) is 26.6. The third-order valence-electron chi connectivity index (χ3n) is 5.16. The van der Waals surface area contributed by atoms with Gasteiger partial charge in [0.1, 0.15) is 5.75 Å². The van der Waals surface area contributed by atoms with E-state index in [0.29, 0.717) is 22.1 Å². The molecule has 2 amide bonds. The highest BCUT2D eigenvalue weighted by molar-refractivity contribution is 7.10. The summed E-state index contributed by atoms with van der Waals surface area (Å²) >= 11 is 1.14. The highest BCUT2D eigenvalue weighted by Crippen LogP contribution is 2.35. The number of carbonyl (C=O) groups excluding carboxylic acids is 2. The molecule has 2 aromatic rings. The second kappa shape index (κ2) is 10.2. The maximum atomic E-state index is 13.6. The molecule has 0 spiro atoms. The van der Waals surface area contributed by atoms with Crippen molar-refractivity contribution in [1.29, 1.82) is 0 Å². The Morgan fingerprint density at radius 1 is 1.16 bits per heavy atom. The van der Waals surface area contributed by atoms with E-state index in [2.05, 4.69) is 5.32 Å². The smallest absolute Gasteiger partial charge is 0.471 e. The van der Waals surface area contributed by atoms with Gasteiger partial charge >= 0.3 is 12.1 Å². The molecule has 0 aliphatic heterocycles. The summed E-state index contributed by atoms with van der Waals surface area (Å²) < 4.78 is 46.0. The van der Waals surface area contributed by atoms with Gasteiger partial charge in [-0.05, 0) is 55.5 Å². The Hall–Kier alpha value is -2.55. The molecular weight excluding hydrogens is 429 g/mol. The van der Waals surface area contributed by atoms with Crippen LogP contribution in [0.15, 0.2) is 41.8 Å². The van der Waals surface area contributed by atoms with Crippen LogP contribution in [-0.4, -0.2) is 30.6 Å². The van der Waals surface area contributed by atoms with Gasteiger partial charge in [-0.15, -0.1) is 11.3 Å². The van der Waals surface area contributed by atoms with Crippen molar-refractivity contribution in [3.63, 3.8) is 0 Å². The number of amides is 2. The number of ether oxygens (including phenoxy) is 1. The molecule has 168 valence electrons. The highest BCUT2D eigenvalue weighted by atomic mass is 32.1. The van der Waals surface area contributed by atoms with E-state index in [4.69, 9.17) is 4.74 Å². The molecule has 0 bridgehead atoms. The first kappa shape index (κ1) is 23.1. The molecule has 1 aliphatic rings. The van der Waals surface area contributed by atoms with Crippen molar-refractivity contribution in [3.8, 4) is 5.75 Å². The number of rotatable bonds is 7. The first-order chi connectivity index (χ1) is 14.8. The highest BCUT2D eigenvalue weighted by Gasteiger charge is 2.47. The van der Waals surface area contributed by atoms with E-state index in [1.807, 2.05) is 0 Å². The number of benzene rings is 1. The van der Waals surface area contributed by atoms with E-state index in [1.165, 1.54) is 24.3 Å². The summed E-state index contributed by atoms with van der Waals surface area (Å²) in [6.45, 7) is 2.18. The monoisotopic (exact) mass is 454 g/mol. The van der Waals surface area contributed by atoms with Crippen LogP contribution in [0.1, 0.15) is 49.9 Å². The molecule has 0 saturated heterocycles. The van der Waals surface area contributed by atoms with Gasteiger partial charge in [-0.2, -0.15) is 13.2 Å². The number of hydrogen-bond acceptors (Lipinski definition) is 4. The molecule has 5 nitrogen and oxygen atoms in total. The van der Waals surface area contributed by atoms with E-state index in [1.54, 1.807) is 24.4 Å². The zero-order chi connectivity index (χ0) is 22.4. The number of nitrogens with one attached hydrogen (secondary N) is 1. The van der Waals surface area contributed by atoms with Gasteiger partial charge in [0, 0.05) is 16.6 Å². The summed E-state index contributed by atoms with van der Waals surface area (Å²) in [7, 11) is 0. The summed E-state index contributed by atoms with van der Waals surface area (Å²) in [6, 6.07) is 7.39. The Bertz CT molecular complexity index is 863. The molecule has 0 radical (unpaired) electrons. The molecule has 9 heteroatoms. The molecule has 3 rings (SSSR count). The van der Waals surface area contributed by atoms with Crippen LogP contribution in [0.2, 0.25) is 0 Å². The summed E-state index contributed by atoms with van der Waals surface area (Å²) in [5, 5.41) is 4.55. The topological polar surface area (TPSA) is 58.6 Å². The number of alkyl halides is 3. The standard InChI is InChI=1S/C22H25F3N2O3S/c1-2-30-17-12-10-16(11-13-17)27(21(29)22(23,24)25)19(18-9-6-14-31-18)20(28)26-15-7-4-3-5-8-15/h6,9-15,19H,2-5,7-8H2,1H3,(H,26,28)/t19-/m0/s1. The predicted molar refractivity (Wildman–Crippen MR) is 113 cm³/mol. The zero-order valence-electron chi connectivity index (χ0n) is 17.2. The molecular formula is C22H25F3N2O3S. The van der Waals surface area contributed by atoms with Crippen LogP contribution in [0.5, 0.6) is 5.75 Å². The minimum absolute atomic E-state index is 0.0250. The van der Waals surface area contributed by atoms with Crippen molar-refractivity contribution < 1.29 is 27.5 Å². The quantitative estimate of drug-likeness (QED) is 0.623. The Morgan fingerprint density at radius 3 is 2.39 bits per heavy atom. The minimum Gasteiger partial charge on any atom is -0.494 e. The van der Waals surface area contributed by atoms with Gasteiger partial charge in [0.15, 0.2) is 6.04 Å². The lowest BCUT2D eigenvalue weighted by molar-refractivity contribution is -0.171. The van der Waals surface area contributed by atoms with E-state index < -0.39 is 24.0 Å². The molecule has 1 atom stereocenters. The lowest BCUT2D eigenvalue weighted by atomic mass is 9.95. The molecule has 1 saturated carbocycles. The summed E-state index contributed by atoms with van der Waals surface area (Å²) in [5.74, 6) is -2.24. The first-order valence-corrected chi connectivity index (χ1v) is 11.2. The van der Waals surface area contributed by atoms with Crippen LogP contribution in [0.4, 0.5) is 18.9 Å². The maximum Gasteiger partial charge on any atom is 0.471 e. The molecule has 0 unspecified atom stereocenters. The third-order valence-corrected chi connectivity index (χ3v) is 6.08. The molecule has 1 aromatic carbocycles. The second-order valence-electron chi connectivity index (χ2n) is 7.36. The molecule has 1 aliphatic carbocycles. The summed E-state index contributed by atoms with van der Waals surface area (Å²) in [6.07, 6.45) is -0.597. The first-order valence-electron chi connectivity index (χ1n) is 10.3. The molecule has 1 aromatic heterocycles. The molecule has 31 heavy (non-hydrogen) atoms. The van der Waals surface area contributed by atoms with Crippen LogP contribution < -0.4 is 15.0 Å². The normalized spacial score (nSPS) is 15.9. The van der Waals surface area contributed by atoms with Crippen molar-refractivity contribution in [3.05, 3.63) is 46.7 Å². The minimum atomic E-state index is -5.14. The maximum absolute atomic E-state index is 13.6. The molecule has 1 N–H and O–H groups in total. The fourth-order valence-corrected chi connectivity index (χ4v) is 4.55. The van der Waals surface area contributed by atoms with Gasteiger partial charge in [-0.25, -0.2) is 0 Å². The van der Waals surface area contributed by atoms with Crippen molar-refractivity contribution in [1.82, 2.24) is 5.32 Å². The van der Waals surface area contributed by atoms with Gasteiger partial charge in [-0.1, -0.05) is 25.3 Å². The lowest BCUT2D eigenvalue weighted by Crippen LogP contribution is -2.50. The van der Waals surface area contributed by atoms with Crippen LogP contribution in [0.25, 0.3) is 0 Å². The average molecular weight is 455 g/mol. The second-order valence-corrected chi connectivity index (χ2v) is 8.34. The van der Waals surface area contributed by atoms with Gasteiger partial charge in [-0.3, -0.25) is 14.5 Å². The Balaban J connectivity index is 2.00. The van der Waals surface area contributed by atoms with Crippen LogP contribution in [0.3, 0.4) is 0 Å². The van der Waals surface area contributed by atoms with Crippen LogP contribution in [0, 0.1) is 0 Å². The number of halogens is 3. The van der Waals surface area contributed by atoms with Crippen molar-refractivity contribution >= 4 is 28.8 Å². The zero-order valence-corrected chi connectivity index (χ0v) is 18.0. The Morgan fingerprint density at radius 2 is 1.84 bits per heavy atom. The number of carbonyl (C=O) groups is 2. The fourth-order valence-electron chi connectivity index (χ4n) is 3.74. The largest absolute Gasteiger partial charge is 0.494 e. The Labute approximate surface area is 183 Å². The van der Waals surface area contributed by atoms with E-state index >= 15 is 0 Å². The fraction of sp³-hybridized carbons (Fsp3) is 0.455. The number of thiophene rings is 1. The van der Waals surface area contributed by atoms with Crippen molar-refractivity contribution in [2.45, 2.75) is 57.3 Å². The van der Waals surface area contributed by atoms with Gasteiger partial charge in [0.25, 0.3) is 0 Å². The van der Waals surface area contributed by atoms with E-state index in [9.17, 15) is 22.8 Å². The third kappa shape index (κ3) is 5.78. The van der Waals surface area contributed by atoms with E-state index in [0.717, 1.165) is 43.4 Å². The molecule has 1 fully saturated rings. The lowest BCUT2D eigenvalue weighted by Gasteiger charge is -2.33. The summed E-state index contributed by atoms with van der Waals surface area (Å²) in [5.41, 5.74) is -0.0250. The number of hydrogen-bond donors (Lipinski definition) is 1. The van der Waals surface area contributed by atoms with Crippen molar-refractivity contribution in [2.75, 3.05) is 11.5 Å². The van der Waals surface area contributed by atoms with Gasteiger partial charge < -0.3 is 10.1 Å². The van der Waals surface area contributed by atoms with Gasteiger partial charge in [0.05, 0.1) is 6.61 Å². The van der Waals surface area contributed by atoms with Crippen LogP contribution >= 0.6 is 11.3 Å². The number of anilines is 1. The Kier molecular flexibility index (Phi) is 7.59. The SMILES string of the molecule is CCOc1ccc(N(C(=O)C(F)(F)F)[C@H](C(=O)NC2CCCCC2)c2cccs2)cc1. The number of nitrogens with zero attached hydrogens (tertiary/aromatic N) is 1.